The van der Waals surface area contributed by atoms with Crippen molar-refractivity contribution in [3.05, 3.63) is 23.8 Å². The molecule has 1 aliphatic heterocycles. The molecule has 3 N–H and O–H groups in total. The van der Waals surface area contributed by atoms with Crippen molar-refractivity contribution in [2.45, 2.75) is 52.1 Å². The van der Waals surface area contributed by atoms with Crippen molar-refractivity contribution < 1.29 is 19.0 Å². The molecule has 1 aliphatic rings. The van der Waals surface area contributed by atoms with Gasteiger partial charge in [-0.25, -0.2) is 0 Å². The molecule has 1 fully saturated rings. The van der Waals surface area contributed by atoms with Crippen molar-refractivity contribution in [3.8, 4) is 11.5 Å². The zero-order valence-corrected chi connectivity index (χ0v) is 17.0. The van der Waals surface area contributed by atoms with Gasteiger partial charge in [-0.15, -0.1) is 0 Å². The number of carbonyl (C=O) groups is 1. The van der Waals surface area contributed by atoms with E-state index in [4.69, 9.17) is 19.9 Å². The summed E-state index contributed by atoms with van der Waals surface area (Å²) >= 11 is 0. The van der Waals surface area contributed by atoms with Crippen molar-refractivity contribution in [2.75, 3.05) is 26.9 Å². The van der Waals surface area contributed by atoms with Gasteiger partial charge in [-0.2, -0.15) is 0 Å². The Morgan fingerprint density at radius 3 is 2.59 bits per heavy atom. The predicted molar refractivity (Wildman–Crippen MR) is 106 cm³/mol. The molecule has 0 spiro atoms. The second kappa shape index (κ2) is 10.5. The van der Waals surface area contributed by atoms with Crippen LogP contribution < -0.4 is 20.5 Å². The summed E-state index contributed by atoms with van der Waals surface area (Å²) < 4.78 is 16.6. The molecular weight excluding hydrogens is 344 g/mol. The third-order valence-electron chi connectivity index (χ3n) is 5.08. The van der Waals surface area contributed by atoms with Gasteiger partial charge in [-0.3, -0.25) is 4.79 Å². The summed E-state index contributed by atoms with van der Waals surface area (Å²) in [5, 5.41) is 3.02. The van der Waals surface area contributed by atoms with Crippen molar-refractivity contribution in [3.63, 3.8) is 0 Å². The second-order valence-corrected chi connectivity index (χ2v) is 7.65. The van der Waals surface area contributed by atoms with Crippen LogP contribution in [-0.2, 0) is 9.53 Å². The Morgan fingerprint density at radius 1 is 1.26 bits per heavy atom. The van der Waals surface area contributed by atoms with Gasteiger partial charge in [0, 0.05) is 13.2 Å². The van der Waals surface area contributed by atoms with Crippen LogP contribution >= 0.6 is 0 Å². The third-order valence-corrected chi connectivity index (χ3v) is 5.08. The molecule has 1 aromatic carbocycles. The maximum absolute atomic E-state index is 12.5. The van der Waals surface area contributed by atoms with Gasteiger partial charge in [0.1, 0.15) is 0 Å². The molecule has 1 saturated heterocycles. The Balaban J connectivity index is 1.96. The van der Waals surface area contributed by atoms with E-state index in [1.165, 1.54) is 0 Å². The number of ether oxygens (including phenoxy) is 3. The summed E-state index contributed by atoms with van der Waals surface area (Å²) in [4.78, 5) is 12.5. The zero-order chi connectivity index (χ0) is 19.8. The molecule has 2 unspecified atom stereocenters. The van der Waals surface area contributed by atoms with E-state index < -0.39 is 6.04 Å². The van der Waals surface area contributed by atoms with Crippen molar-refractivity contribution in [2.24, 2.45) is 17.6 Å². The monoisotopic (exact) mass is 378 g/mol. The lowest BCUT2D eigenvalue weighted by Gasteiger charge is -2.28. The molecule has 0 radical (unpaired) electrons. The summed E-state index contributed by atoms with van der Waals surface area (Å²) in [5.74, 6) is 2.04. The molecule has 1 heterocycles. The van der Waals surface area contributed by atoms with Gasteiger partial charge in [0.05, 0.1) is 25.8 Å². The van der Waals surface area contributed by atoms with E-state index in [0.29, 0.717) is 31.5 Å². The molecule has 2 rings (SSSR count). The van der Waals surface area contributed by atoms with Crippen molar-refractivity contribution >= 4 is 5.91 Å². The summed E-state index contributed by atoms with van der Waals surface area (Å²) in [7, 11) is 1.62. The average molecular weight is 379 g/mol. The standard InChI is InChI=1S/C21H34N2O4/c1-14(2)7-12-27-18-6-5-17(13-19(18)25-4)15(3)23-21(24)20(22)16-8-10-26-11-9-16/h5-6,13-16,20H,7-12,22H2,1-4H3,(H,23,24). The SMILES string of the molecule is COc1cc(C(C)NC(=O)C(N)C2CCOCC2)ccc1OCCC(C)C. The first kappa shape index (κ1) is 21.5. The molecule has 0 aromatic heterocycles. The van der Waals surface area contributed by atoms with Crippen LogP contribution in [0.1, 0.15) is 51.6 Å². The molecule has 2 atom stereocenters. The smallest absolute Gasteiger partial charge is 0.237 e. The largest absolute Gasteiger partial charge is 0.493 e. The summed E-state index contributed by atoms with van der Waals surface area (Å²) in [6, 6.07) is 5.10. The number of amides is 1. The van der Waals surface area contributed by atoms with E-state index in [1.807, 2.05) is 25.1 Å². The van der Waals surface area contributed by atoms with Crippen LogP contribution in [0.3, 0.4) is 0 Å². The molecule has 0 bridgehead atoms. The zero-order valence-electron chi connectivity index (χ0n) is 17.0. The first-order valence-electron chi connectivity index (χ1n) is 9.86. The predicted octanol–water partition coefficient (Wildman–Crippen LogP) is 3.05. The Bertz CT molecular complexity index is 600. The van der Waals surface area contributed by atoms with Gasteiger partial charge < -0.3 is 25.3 Å². The van der Waals surface area contributed by atoms with Gasteiger partial charge in [0.25, 0.3) is 0 Å². The molecule has 0 aliphatic carbocycles. The summed E-state index contributed by atoms with van der Waals surface area (Å²) in [6.45, 7) is 8.29. The fourth-order valence-electron chi connectivity index (χ4n) is 3.16. The topological polar surface area (TPSA) is 82.8 Å². The number of rotatable bonds is 9. The number of nitrogens with two attached hydrogens (primary N) is 1. The Hall–Kier alpha value is -1.79. The van der Waals surface area contributed by atoms with Gasteiger partial charge in [0.15, 0.2) is 11.5 Å². The highest BCUT2D eigenvalue weighted by atomic mass is 16.5. The Labute approximate surface area is 162 Å². The minimum Gasteiger partial charge on any atom is -0.493 e. The van der Waals surface area contributed by atoms with Crippen LogP contribution in [-0.4, -0.2) is 38.9 Å². The molecule has 152 valence electrons. The number of hydrogen-bond acceptors (Lipinski definition) is 5. The highest BCUT2D eigenvalue weighted by Crippen LogP contribution is 2.30. The lowest BCUT2D eigenvalue weighted by Crippen LogP contribution is -2.47. The van der Waals surface area contributed by atoms with Crippen LogP contribution in [0.5, 0.6) is 11.5 Å². The number of benzene rings is 1. The fraction of sp³-hybridized carbons (Fsp3) is 0.667. The van der Waals surface area contributed by atoms with E-state index in [9.17, 15) is 4.79 Å². The maximum Gasteiger partial charge on any atom is 0.237 e. The van der Waals surface area contributed by atoms with Gasteiger partial charge in [0.2, 0.25) is 5.91 Å². The van der Waals surface area contributed by atoms with Gasteiger partial charge >= 0.3 is 0 Å². The number of methoxy groups -OCH3 is 1. The summed E-state index contributed by atoms with van der Waals surface area (Å²) in [5.41, 5.74) is 7.12. The highest BCUT2D eigenvalue weighted by molar-refractivity contribution is 5.82. The fourth-order valence-corrected chi connectivity index (χ4v) is 3.16. The van der Waals surface area contributed by atoms with Crippen LogP contribution in [0.4, 0.5) is 0 Å². The number of carbonyl (C=O) groups excluding carboxylic acids is 1. The second-order valence-electron chi connectivity index (χ2n) is 7.65. The van der Waals surface area contributed by atoms with Gasteiger partial charge in [-0.05, 0) is 55.7 Å². The number of hydrogen-bond donors (Lipinski definition) is 2. The molecule has 1 aromatic rings. The molecule has 27 heavy (non-hydrogen) atoms. The minimum atomic E-state index is -0.503. The lowest BCUT2D eigenvalue weighted by atomic mass is 9.91. The van der Waals surface area contributed by atoms with E-state index in [0.717, 1.165) is 30.6 Å². The normalized spacial score (nSPS) is 17.4. The van der Waals surface area contributed by atoms with Gasteiger partial charge in [-0.1, -0.05) is 19.9 Å². The molecule has 6 nitrogen and oxygen atoms in total. The van der Waals surface area contributed by atoms with E-state index in [1.54, 1.807) is 7.11 Å². The van der Waals surface area contributed by atoms with Crippen LogP contribution in [0.15, 0.2) is 18.2 Å². The van der Waals surface area contributed by atoms with Crippen molar-refractivity contribution in [1.29, 1.82) is 0 Å². The first-order chi connectivity index (χ1) is 12.9. The van der Waals surface area contributed by atoms with Crippen LogP contribution in [0.25, 0.3) is 0 Å². The molecule has 1 amide bonds. The van der Waals surface area contributed by atoms with Crippen molar-refractivity contribution in [1.82, 2.24) is 5.32 Å². The maximum atomic E-state index is 12.5. The molecular formula is C21H34N2O4. The highest BCUT2D eigenvalue weighted by Gasteiger charge is 2.27. The van der Waals surface area contributed by atoms with Crippen LogP contribution in [0, 0.1) is 11.8 Å². The third kappa shape index (κ3) is 6.40. The minimum absolute atomic E-state index is 0.120. The van der Waals surface area contributed by atoms with Crippen LogP contribution in [0.2, 0.25) is 0 Å². The summed E-state index contributed by atoms with van der Waals surface area (Å²) in [6.07, 6.45) is 2.65. The van der Waals surface area contributed by atoms with E-state index in [-0.39, 0.29) is 17.9 Å². The molecule has 0 saturated carbocycles. The van der Waals surface area contributed by atoms with E-state index >= 15 is 0 Å². The quantitative estimate of drug-likeness (QED) is 0.690. The lowest BCUT2D eigenvalue weighted by molar-refractivity contribution is -0.125. The van der Waals surface area contributed by atoms with E-state index in [2.05, 4.69) is 19.2 Å². The molecule has 6 heteroatoms. The Kier molecular flexibility index (Phi) is 8.38. The average Bonchev–Trinajstić information content (AvgIpc) is 2.67. The first-order valence-corrected chi connectivity index (χ1v) is 9.86. The number of nitrogens with one attached hydrogen (secondary N) is 1. The Morgan fingerprint density at radius 2 is 1.96 bits per heavy atom.